The van der Waals surface area contributed by atoms with Crippen molar-refractivity contribution in [2.75, 3.05) is 13.2 Å². The smallest absolute Gasteiger partial charge is 0.335 e. The van der Waals surface area contributed by atoms with Crippen LogP contribution >= 0.6 is 0 Å². The average molecular weight is 492 g/mol. The summed E-state index contributed by atoms with van der Waals surface area (Å²) in [6.45, 7) is -1.76. The van der Waals surface area contributed by atoms with Gasteiger partial charge in [-0.05, 0) is 0 Å². The molecule has 182 valence electrons. The molecule has 0 aliphatic heterocycles. The van der Waals surface area contributed by atoms with E-state index in [-0.39, 0.29) is 37.7 Å². The third-order valence-electron chi connectivity index (χ3n) is 3.72. The molecule has 0 aromatic rings. The van der Waals surface area contributed by atoms with E-state index in [1.807, 2.05) is 0 Å². The summed E-state index contributed by atoms with van der Waals surface area (Å²) >= 11 is 0. The van der Waals surface area contributed by atoms with E-state index in [1.165, 1.54) is 0 Å². The van der Waals surface area contributed by atoms with E-state index >= 15 is 0 Å². The second-order valence-corrected chi connectivity index (χ2v) is 6.01. The van der Waals surface area contributed by atoms with Crippen LogP contribution in [0.5, 0.6) is 0 Å². The van der Waals surface area contributed by atoms with Gasteiger partial charge in [-0.2, -0.15) is 0 Å². The summed E-state index contributed by atoms with van der Waals surface area (Å²) < 4.78 is 0. The molecule has 0 amide bonds. The van der Waals surface area contributed by atoms with E-state index in [4.69, 9.17) is 71.5 Å². The van der Waals surface area contributed by atoms with Crippen molar-refractivity contribution in [2.24, 2.45) is 0 Å². The molecule has 0 aliphatic carbocycles. The summed E-state index contributed by atoms with van der Waals surface area (Å²) in [5.74, 6) is -3.57. The number of hydrogen-bond donors (Lipinski definition) is 14. The van der Waals surface area contributed by atoms with Crippen LogP contribution in [0.15, 0.2) is 0 Å². The molecule has 0 bridgehead atoms. The van der Waals surface area contributed by atoms with E-state index in [0.29, 0.717) is 0 Å². The second-order valence-electron chi connectivity index (χ2n) is 6.01. The molecule has 10 atom stereocenters. The zero-order chi connectivity index (χ0) is 24.3. The molecule has 0 heterocycles. The quantitative estimate of drug-likeness (QED) is 0.112. The Kier molecular flexibility index (Phi) is 19.6. The molecule has 16 nitrogen and oxygen atoms in total. The molecule has 0 fully saturated rings. The fourth-order valence-electron chi connectivity index (χ4n) is 1.74. The molecule has 0 aliphatic rings. The Balaban J connectivity index is -0.000000490. The van der Waals surface area contributed by atoms with Gasteiger partial charge in [-0.15, -0.1) is 0 Å². The van der Waals surface area contributed by atoms with Gasteiger partial charge in [0.1, 0.15) is 48.8 Å². The molecule has 31 heavy (non-hydrogen) atoms. The van der Waals surface area contributed by atoms with Crippen LogP contribution in [-0.2, 0) is 9.59 Å². The molecule has 17 heteroatoms. The van der Waals surface area contributed by atoms with Crippen molar-refractivity contribution in [1.29, 1.82) is 0 Å². The minimum absolute atomic E-state index is 0. The monoisotopic (exact) mass is 492 g/mol. The first-order valence-electron chi connectivity index (χ1n) is 8.13. The zero-order valence-corrected chi connectivity index (χ0v) is 18.2. The maximum Gasteiger partial charge on any atom is 0.335 e. The van der Waals surface area contributed by atoms with Gasteiger partial charge in [-0.1, -0.05) is 0 Å². The Morgan fingerprint density at radius 1 is 0.484 bits per heavy atom. The third kappa shape index (κ3) is 11.9. The van der Waals surface area contributed by atoms with Crippen molar-refractivity contribution in [3.05, 3.63) is 0 Å². The summed E-state index contributed by atoms with van der Waals surface area (Å²) in [6.07, 6.45) is -20.5. The molecule has 2 radical (unpaired) electrons. The minimum atomic E-state index is -2.29. The Labute approximate surface area is 204 Å². The fourth-order valence-corrected chi connectivity index (χ4v) is 1.74. The fraction of sp³-hybridized carbons (Fsp3) is 0.857. The Morgan fingerprint density at radius 3 is 0.871 bits per heavy atom. The predicted octanol–water partition coefficient (Wildman–Crippen LogP) is -8.65. The van der Waals surface area contributed by atoms with Gasteiger partial charge in [0.15, 0.2) is 12.2 Å². The van der Waals surface area contributed by atoms with Gasteiger partial charge in [-0.3, -0.25) is 0 Å². The van der Waals surface area contributed by atoms with Crippen LogP contribution in [-0.4, -0.2) is 195 Å². The van der Waals surface area contributed by atoms with Gasteiger partial charge in [0.05, 0.1) is 13.2 Å². The number of aliphatic carboxylic acids is 2. The van der Waals surface area contributed by atoms with E-state index in [2.05, 4.69) is 0 Å². The van der Waals surface area contributed by atoms with Gasteiger partial charge in [0, 0.05) is 37.7 Å². The number of hydrogen-bond acceptors (Lipinski definition) is 14. The summed E-state index contributed by atoms with van der Waals surface area (Å²) in [6, 6.07) is 0. The van der Waals surface area contributed by atoms with E-state index < -0.39 is 86.2 Å². The van der Waals surface area contributed by atoms with Crippen LogP contribution in [0.25, 0.3) is 0 Å². The number of carbonyl (C=O) groups is 2. The number of rotatable bonds is 12. The Bertz CT molecular complexity index is 465. The van der Waals surface area contributed by atoms with Crippen molar-refractivity contribution in [3.8, 4) is 0 Å². The van der Waals surface area contributed by atoms with Gasteiger partial charge in [-0.25, -0.2) is 9.59 Å². The van der Waals surface area contributed by atoms with Crippen LogP contribution in [0.1, 0.15) is 0 Å². The first kappa shape index (κ1) is 35.3. The topological polar surface area (TPSA) is 317 Å². The van der Waals surface area contributed by atoms with E-state index in [9.17, 15) is 9.59 Å². The van der Waals surface area contributed by atoms with Gasteiger partial charge >= 0.3 is 11.9 Å². The molecule has 0 saturated carbocycles. The second kappa shape index (κ2) is 17.2. The first-order valence-corrected chi connectivity index (χ1v) is 8.13. The number of aliphatic hydroxyl groups is 12. The van der Waals surface area contributed by atoms with Crippen molar-refractivity contribution in [3.63, 3.8) is 0 Å². The number of carboxylic acid groups (broad SMARTS) is 2. The SMILES string of the molecule is O=C(O)C(O)[C@H](O)[C@@H](O)[C@H](O)[C@H](O)CO.O=C(O)C(O)[C@H](O)[C@@H](O)[C@H](O)[C@H](O)CO.[Ca]. The zero-order valence-electron chi connectivity index (χ0n) is 16.0. The Hall–Kier alpha value is -0.280. The van der Waals surface area contributed by atoms with Crippen LogP contribution in [0.2, 0.25) is 0 Å². The van der Waals surface area contributed by atoms with Gasteiger partial charge in [0.2, 0.25) is 0 Å². The molecular formula is C14H28CaO16. The maximum absolute atomic E-state index is 10.2. The third-order valence-corrected chi connectivity index (χ3v) is 3.72. The Morgan fingerprint density at radius 2 is 0.710 bits per heavy atom. The van der Waals surface area contributed by atoms with Crippen molar-refractivity contribution < 1.29 is 81.1 Å². The predicted molar refractivity (Wildman–Crippen MR) is 95.3 cm³/mol. The van der Waals surface area contributed by atoms with Crippen molar-refractivity contribution >= 4 is 49.7 Å². The number of carboxylic acids is 2. The van der Waals surface area contributed by atoms with Crippen LogP contribution in [0.4, 0.5) is 0 Å². The standard InChI is InChI=1S/2C7H14O8.Ca/c2*8-1-2(9)3(10)4(11)5(12)6(13)7(14)15;/h2*2-6,8-13H,1H2,(H,14,15);/t2*2-,3-,4+,5-,6?;/m11./s1. The summed E-state index contributed by atoms with van der Waals surface area (Å²) in [5, 5.41) is 123. The average Bonchev–Trinajstić information content (AvgIpc) is 2.73. The van der Waals surface area contributed by atoms with Crippen molar-refractivity contribution in [2.45, 2.75) is 61.0 Å². The van der Waals surface area contributed by atoms with Crippen molar-refractivity contribution in [1.82, 2.24) is 0 Å². The number of aliphatic hydroxyl groups excluding tert-OH is 12. The van der Waals surface area contributed by atoms with Gasteiger partial charge < -0.3 is 71.5 Å². The minimum Gasteiger partial charge on any atom is -0.479 e. The van der Waals surface area contributed by atoms with Crippen LogP contribution in [0.3, 0.4) is 0 Å². The summed E-state index contributed by atoms with van der Waals surface area (Å²) in [5.41, 5.74) is 0. The molecule has 0 spiro atoms. The molecule has 2 unspecified atom stereocenters. The molecule has 0 saturated heterocycles. The molecule has 14 N–H and O–H groups in total. The molecular weight excluding hydrogens is 464 g/mol. The van der Waals surface area contributed by atoms with E-state index in [0.717, 1.165) is 0 Å². The maximum atomic E-state index is 10.2. The van der Waals surface area contributed by atoms with E-state index in [1.54, 1.807) is 0 Å². The molecule has 0 aromatic carbocycles. The molecule has 0 aromatic heterocycles. The normalized spacial score (nSPS) is 20.8. The largest absolute Gasteiger partial charge is 0.479 e. The molecule has 0 rings (SSSR count). The summed E-state index contributed by atoms with van der Waals surface area (Å²) in [4.78, 5) is 20.4. The van der Waals surface area contributed by atoms with Crippen LogP contribution < -0.4 is 0 Å². The first-order chi connectivity index (χ1) is 13.6. The van der Waals surface area contributed by atoms with Crippen LogP contribution in [0, 0.1) is 0 Å². The summed E-state index contributed by atoms with van der Waals surface area (Å²) in [7, 11) is 0. The van der Waals surface area contributed by atoms with Gasteiger partial charge in [0.25, 0.3) is 0 Å².